The molecule has 3 heteroatoms. The van der Waals surface area contributed by atoms with Crippen LogP contribution in [0.25, 0.3) is 11.1 Å². The van der Waals surface area contributed by atoms with Crippen LogP contribution in [0.15, 0.2) is 24.3 Å². The standard InChI is InChI=1S/C16H18N2O/c1-9-3-13-11(5-15(9)17)7-19-8-12-6-16(18)10(2)4-14(12)13/h3-6H,7-8,17-18H2,1-2H3. The van der Waals surface area contributed by atoms with Gasteiger partial charge in [-0.2, -0.15) is 0 Å². The van der Waals surface area contributed by atoms with Crippen molar-refractivity contribution in [3.05, 3.63) is 46.5 Å². The zero-order chi connectivity index (χ0) is 13.6. The molecule has 1 heterocycles. The number of fused-ring (bicyclic) bond motifs is 3. The van der Waals surface area contributed by atoms with Crippen molar-refractivity contribution < 1.29 is 4.74 Å². The van der Waals surface area contributed by atoms with Crippen molar-refractivity contribution in [2.75, 3.05) is 11.5 Å². The summed E-state index contributed by atoms with van der Waals surface area (Å²) in [5, 5.41) is 0. The summed E-state index contributed by atoms with van der Waals surface area (Å²) >= 11 is 0. The van der Waals surface area contributed by atoms with Gasteiger partial charge in [-0.1, -0.05) is 0 Å². The van der Waals surface area contributed by atoms with Gasteiger partial charge in [0.2, 0.25) is 0 Å². The van der Waals surface area contributed by atoms with Gasteiger partial charge in [-0.25, -0.2) is 0 Å². The lowest BCUT2D eigenvalue weighted by atomic mass is 9.92. The zero-order valence-electron chi connectivity index (χ0n) is 11.3. The fraction of sp³-hybridized carbons (Fsp3) is 0.250. The van der Waals surface area contributed by atoms with E-state index in [0.29, 0.717) is 13.2 Å². The molecule has 0 saturated carbocycles. The number of anilines is 2. The van der Waals surface area contributed by atoms with Crippen LogP contribution in [-0.2, 0) is 18.0 Å². The number of aryl methyl sites for hydroxylation is 2. The van der Waals surface area contributed by atoms with Crippen LogP contribution in [0.2, 0.25) is 0 Å². The average molecular weight is 254 g/mol. The maximum Gasteiger partial charge on any atom is 0.0728 e. The molecule has 3 nitrogen and oxygen atoms in total. The second-order valence-electron chi connectivity index (χ2n) is 5.22. The Hall–Kier alpha value is -2.00. The third-order valence-electron chi connectivity index (χ3n) is 3.79. The molecular formula is C16H18N2O. The van der Waals surface area contributed by atoms with E-state index >= 15 is 0 Å². The van der Waals surface area contributed by atoms with Crippen molar-refractivity contribution in [3.8, 4) is 11.1 Å². The number of rotatable bonds is 0. The summed E-state index contributed by atoms with van der Waals surface area (Å²) in [7, 11) is 0. The maximum absolute atomic E-state index is 5.99. The van der Waals surface area contributed by atoms with E-state index in [9.17, 15) is 0 Å². The van der Waals surface area contributed by atoms with Crippen molar-refractivity contribution in [1.82, 2.24) is 0 Å². The number of benzene rings is 2. The Bertz CT molecular complexity index is 605. The summed E-state index contributed by atoms with van der Waals surface area (Å²) < 4.78 is 5.73. The molecule has 0 bridgehead atoms. The van der Waals surface area contributed by atoms with Crippen molar-refractivity contribution in [1.29, 1.82) is 0 Å². The van der Waals surface area contributed by atoms with E-state index in [2.05, 4.69) is 12.1 Å². The topological polar surface area (TPSA) is 61.3 Å². The van der Waals surface area contributed by atoms with Gasteiger partial charge in [-0.15, -0.1) is 0 Å². The Balaban J connectivity index is 2.29. The Labute approximate surface area is 113 Å². The van der Waals surface area contributed by atoms with E-state index in [1.807, 2.05) is 26.0 Å². The Morgan fingerprint density at radius 2 is 1.21 bits per heavy atom. The predicted octanol–water partition coefficient (Wildman–Crippen LogP) is 3.17. The van der Waals surface area contributed by atoms with Gasteiger partial charge in [0.1, 0.15) is 0 Å². The minimum absolute atomic E-state index is 0.591. The van der Waals surface area contributed by atoms with Crippen LogP contribution in [0.3, 0.4) is 0 Å². The van der Waals surface area contributed by atoms with Gasteiger partial charge in [-0.05, 0) is 71.5 Å². The highest BCUT2D eigenvalue weighted by molar-refractivity contribution is 5.77. The van der Waals surface area contributed by atoms with Crippen LogP contribution >= 0.6 is 0 Å². The number of hydrogen-bond donors (Lipinski definition) is 2. The Kier molecular flexibility index (Phi) is 2.72. The summed E-state index contributed by atoms with van der Waals surface area (Å²) in [4.78, 5) is 0. The molecule has 0 atom stereocenters. The highest BCUT2D eigenvalue weighted by atomic mass is 16.5. The van der Waals surface area contributed by atoms with Gasteiger partial charge >= 0.3 is 0 Å². The first-order valence-corrected chi connectivity index (χ1v) is 6.42. The average Bonchev–Trinajstić information content (AvgIpc) is 2.51. The molecule has 2 aromatic carbocycles. The van der Waals surface area contributed by atoms with Crippen molar-refractivity contribution in [3.63, 3.8) is 0 Å². The molecule has 1 aliphatic rings. The quantitative estimate of drug-likeness (QED) is 0.710. The van der Waals surface area contributed by atoms with E-state index < -0.39 is 0 Å². The van der Waals surface area contributed by atoms with Crippen molar-refractivity contribution in [2.45, 2.75) is 27.1 Å². The van der Waals surface area contributed by atoms with Crippen LogP contribution in [0.5, 0.6) is 0 Å². The Morgan fingerprint density at radius 3 is 1.63 bits per heavy atom. The van der Waals surface area contributed by atoms with Gasteiger partial charge in [0.05, 0.1) is 13.2 Å². The van der Waals surface area contributed by atoms with E-state index in [-0.39, 0.29) is 0 Å². The molecule has 4 N–H and O–H groups in total. The summed E-state index contributed by atoms with van der Waals surface area (Å²) in [5.74, 6) is 0. The summed E-state index contributed by atoms with van der Waals surface area (Å²) in [6.07, 6.45) is 0. The molecule has 3 rings (SSSR count). The summed E-state index contributed by atoms with van der Waals surface area (Å²) in [6, 6.07) is 8.33. The first-order chi connectivity index (χ1) is 9.06. The van der Waals surface area contributed by atoms with Gasteiger partial charge in [0.25, 0.3) is 0 Å². The lowest BCUT2D eigenvalue weighted by Gasteiger charge is -2.13. The summed E-state index contributed by atoms with van der Waals surface area (Å²) in [5.41, 5.74) is 20.5. The fourth-order valence-electron chi connectivity index (χ4n) is 2.55. The van der Waals surface area contributed by atoms with Gasteiger partial charge in [-0.3, -0.25) is 0 Å². The van der Waals surface area contributed by atoms with E-state index in [1.54, 1.807) is 0 Å². The molecule has 98 valence electrons. The number of nitrogens with two attached hydrogens (primary N) is 2. The van der Waals surface area contributed by atoms with Crippen LogP contribution < -0.4 is 11.5 Å². The Morgan fingerprint density at radius 1 is 0.789 bits per heavy atom. The minimum Gasteiger partial charge on any atom is -0.399 e. The normalized spacial score (nSPS) is 13.6. The monoisotopic (exact) mass is 254 g/mol. The molecule has 19 heavy (non-hydrogen) atoms. The lowest BCUT2D eigenvalue weighted by molar-refractivity contribution is 0.110. The van der Waals surface area contributed by atoms with Crippen LogP contribution in [0.1, 0.15) is 22.3 Å². The van der Waals surface area contributed by atoms with Crippen LogP contribution in [-0.4, -0.2) is 0 Å². The minimum atomic E-state index is 0.591. The predicted molar refractivity (Wildman–Crippen MR) is 78.7 cm³/mol. The van der Waals surface area contributed by atoms with Gasteiger partial charge < -0.3 is 16.2 Å². The van der Waals surface area contributed by atoms with Gasteiger partial charge in [0, 0.05) is 11.4 Å². The lowest BCUT2D eigenvalue weighted by Crippen LogP contribution is -1.97. The highest BCUT2D eigenvalue weighted by Crippen LogP contribution is 2.36. The molecule has 0 aliphatic carbocycles. The van der Waals surface area contributed by atoms with Crippen molar-refractivity contribution >= 4 is 11.4 Å². The highest BCUT2D eigenvalue weighted by Gasteiger charge is 2.17. The smallest absolute Gasteiger partial charge is 0.0728 e. The third kappa shape index (κ3) is 1.96. The molecule has 0 radical (unpaired) electrons. The molecule has 0 spiro atoms. The first-order valence-electron chi connectivity index (χ1n) is 6.42. The first kappa shape index (κ1) is 12.1. The molecular weight excluding hydrogens is 236 g/mol. The maximum atomic E-state index is 5.99. The summed E-state index contributed by atoms with van der Waals surface area (Å²) in [6.45, 7) is 5.25. The molecule has 1 aliphatic heterocycles. The van der Waals surface area contributed by atoms with Crippen LogP contribution in [0.4, 0.5) is 11.4 Å². The van der Waals surface area contributed by atoms with E-state index in [1.165, 1.54) is 11.1 Å². The molecule has 0 aromatic heterocycles. The van der Waals surface area contributed by atoms with Crippen LogP contribution in [0, 0.1) is 13.8 Å². The molecule has 0 saturated heterocycles. The number of hydrogen-bond acceptors (Lipinski definition) is 3. The molecule has 0 unspecified atom stereocenters. The molecule has 0 amide bonds. The number of nitrogen functional groups attached to an aromatic ring is 2. The largest absolute Gasteiger partial charge is 0.399 e. The second kappa shape index (κ2) is 4.28. The van der Waals surface area contributed by atoms with E-state index in [0.717, 1.165) is 33.6 Å². The SMILES string of the molecule is Cc1cc2c(cc1N)COCc1cc(N)c(C)cc1-2. The van der Waals surface area contributed by atoms with Gasteiger partial charge in [0.15, 0.2) is 0 Å². The fourth-order valence-corrected chi connectivity index (χ4v) is 2.55. The zero-order valence-corrected chi connectivity index (χ0v) is 11.3. The second-order valence-corrected chi connectivity index (χ2v) is 5.22. The third-order valence-corrected chi connectivity index (χ3v) is 3.79. The van der Waals surface area contributed by atoms with Crippen molar-refractivity contribution in [2.24, 2.45) is 0 Å². The molecule has 2 aromatic rings. The number of ether oxygens (including phenoxy) is 1. The van der Waals surface area contributed by atoms with E-state index in [4.69, 9.17) is 16.2 Å². The molecule has 0 fully saturated rings.